The van der Waals surface area contributed by atoms with Crippen molar-refractivity contribution in [2.45, 2.75) is 19.1 Å². The minimum absolute atomic E-state index is 0.0218. The van der Waals surface area contributed by atoms with Crippen LogP contribution in [-0.4, -0.2) is 31.7 Å². The summed E-state index contributed by atoms with van der Waals surface area (Å²) in [7, 11) is -3.94. The van der Waals surface area contributed by atoms with E-state index >= 15 is 0 Å². The molecule has 0 spiro atoms. The first kappa shape index (κ1) is 22.4. The van der Waals surface area contributed by atoms with E-state index < -0.39 is 51.4 Å². The lowest BCUT2D eigenvalue weighted by molar-refractivity contribution is -0.116. The molecule has 29 heavy (non-hydrogen) atoms. The van der Waals surface area contributed by atoms with Gasteiger partial charge in [-0.05, 0) is 36.2 Å². The zero-order valence-electron chi connectivity index (χ0n) is 15.5. The molecule has 0 unspecified atom stereocenters. The molecule has 2 aromatic carbocycles. The van der Waals surface area contributed by atoms with Crippen LogP contribution in [0.1, 0.15) is 24.5 Å². The molecule has 0 aliphatic carbocycles. The second kappa shape index (κ2) is 9.54. The number of nitriles is 1. The first-order chi connectivity index (χ1) is 13.7. The Morgan fingerprint density at radius 1 is 1.17 bits per heavy atom. The molecular formula is C19H18F3N3O3S. The maximum atomic E-state index is 13.7. The number of carbonyl (C=O) groups is 1. The fraction of sp³-hybridized carbons (Fsp3) is 0.263. The number of benzene rings is 2. The molecule has 6 nitrogen and oxygen atoms in total. The van der Waals surface area contributed by atoms with Crippen molar-refractivity contribution in [1.82, 2.24) is 4.31 Å². The average Bonchev–Trinajstić information content (AvgIpc) is 2.68. The van der Waals surface area contributed by atoms with Crippen LogP contribution in [0.15, 0.2) is 36.4 Å². The Balaban J connectivity index is 2.16. The first-order valence-corrected chi connectivity index (χ1v) is 10.2. The zero-order valence-corrected chi connectivity index (χ0v) is 16.3. The third-order valence-electron chi connectivity index (χ3n) is 3.90. The topological polar surface area (TPSA) is 90.3 Å². The first-order valence-electron chi connectivity index (χ1n) is 8.58. The Labute approximate surface area is 166 Å². The summed E-state index contributed by atoms with van der Waals surface area (Å²) in [4.78, 5) is 12.2. The van der Waals surface area contributed by atoms with Crippen molar-refractivity contribution in [3.63, 3.8) is 0 Å². The number of nitrogens with zero attached hydrogens (tertiary/aromatic N) is 2. The molecule has 0 saturated carbocycles. The summed E-state index contributed by atoms with van der Waals surface area (Å²) in [5.74, 6) is -6.06. The molecule has 0 radical (unpaired) electrons. The van der Waals surface area contributed by atoms with Crippen molar-refractivity contribution in [2.24, 2.45) is 0 Å². The lowest BCUT2D eigenvalue weighted by Crippen LogP contribution is -2.39. The summed E-state index contributed by atoms with van der Waals surface area (Å²) in [5.41, 5.74) is 0.0768. The van der Waals surface area contributed by atoms with E-state index in [1.807, 2.05) is 6.07 Å². The van der Waals surface area contributed by atoms with Crippen molar-refractivity contribution in [2.75, 3.05) is 18.4 Å². The fourth-order valence-electron chi connectivity index (χ4n) is 2.57. The zero-order chi connectivity index (χ0) is 21.6. The highest BCUT2D eigenvalue weighted by Crippen LogP contribution is 2.20. The molecule has 0 fully saturated rings. The van der Waals surface area contributed by atoms with Crippen molar-refractivity contribution < 1.29 is 26.4 Å². The van der Waals surface area contributed by atoms with E-state index in [1.54, 1.807) is 19.1 Å². The molecule has 0 aromatic heterocycles. The quantitative estimate of drug-likeness (QED) is 0.658. The van der Waals surface area contributed by atoms with Crippen molar-refractivity contribution in [3.05, 3.63) is 65.0 Å². The summed E-state index contributed by atoms with van der Waals surface area (Å²) in [6, 6.07) is 9.46. The van der Waals surface area contributed by atoms with Gasteiger partial charge in [-0.2, -0.15) is 9.57 Å². The average molecular weight is 425 g/mol. The van der Waals surface area contributed by atoms with Gasteiger partial charge in [-0.15, -0.1) is 0 Å². The monoisotopic (exact) mass is 425 g/mol. The second-order valence-electron chi connectivity index (χ2n) is 6.17. The number of sulfonamides is 1. The van der Waals surface area contributed by atoms with Gasteiger partial charge in [0.1, 0.15) is 0 Å². The minimum atomic E-state index is -3.94. The SMILES string of the molecule is CCCN(CC(=O)Nc1ccc(F)c(F)c1F)S(=O)(=O)Cc1cccc(C#N)c1. The predicted octanol–water partition coefficient (Wildman–Crippen LogP) is 3.16. The highest BCUT2D eigenvalue weighted by atomic mass is 32.2. The highest BCUT2D eigenvalue weighted by molar-refractivity contribution is 7.88. The predicted molar refractivity (Wildman–Crippen MR) is 101 cm³/mol. The Morgan fingerprint density at radius 3 is 2.55 bits per heavy atom. The molecule has 2 aromatic rings. The number of carbonyl (C=O) groups excluding carboxylic acids is 1. The maximum absolute atomic E-state index is 13.7. The van der Waals surface area contributed by atoms with Crippen LogP contribution < -0.4 is 5.32 Å². The summed E-state index contributed by atoms with van der Waals surface area (Å²) in [6.45, 7) is 1.10. The van der Waals surface area contributed by atoms with Gasteiger partial charge in [0, 0.05) is 6.54 Å². The fourth-order valence-corrected chi connectivity index (χ4v) is 4.13. The van der Waals surface area contributed by atoms with Crippen LogP contribution >= 0.6 is 0 Å². The molecule has 0 aliphatic rings. The van der Waals surface area contributed by atoms with Crippen molar-refractivity contribution in [3.8, 4) is 6.07 Å². The third kappa shape index (κ3) is 5.79. The lowest BCUT2D eigenvalue weighted by atomic mass is 10.2. The van der Waals surface area contributed by atoms with Gasteiger partial charge < -0.3 is 5.32 Å². The van der Waals surface area contributed by atoms with E-state index in [1.165, 1.54) is 12.1 Å². The second-order valence-corrected chi connectivity index (χ2v) is 8.14. The summed E-state index contributed by atoms with van der Waals surface area (Å²) in [6.07, 6.45) is 0.407. The molecule has 0 saturated heterocycles. The lowest BCUT2D eigenvalue weighted by Gasteiger charge is -2.21. The maximum Gasteiger partial charge on any atom is 0.239 e. The van der Waals surface area contributed by atoms with Gasteiger partial charge in [-0.25, -0.2) is 21.6 Å². The molecule has 0 atom stereocenters. The van der Waals surface area contributed by atoms with E-state index in [0.29, 0.717) is 23.6 Å². The van der Waals surface area contributed by atoms with Crippen LogP contribution in [0.4, 0.5) is 18.9 Å². The number of amides is 1. The van der Waals surface area contributed by atoms with Crippen LogP contribution in [0.5, 0.6) is 0 Å². The Hall–Kier alpha value is -2.90. The summed E-state index contributed by atoms with van der Waals surface area (Å²) in [5, 5.41) is 11.0. The number of anilines is 1. The summed E-state index contributed by atoms with van der Waals surface area (Å²) < 4.78 is 66.4. The van der Waals surface area contributed by atoms with E-state index in [9.17, 15) is 26.4 Å². The standard InChI is InChI=1S/C19H18F3N3O3S/c1-2-8-25(29(27,28)12-14-5-3-4-13(9-14)10-23)11-17(26)24-16-7-6-15(20)18(21)19(16)22/h3-7,9H,2,8,11-12H2,1H3,(H,24,26). The molecule has 154 valence electrons. The third-order valence-corrected chi connectivity index (χ3v) is 5.70. The molecule has 0 bridgehead atoms. The summed E-state index contributed by atoms with van der Waals surface area (Å²) >= 11 is 0. The largest absolute Gasteiger partial charge is 0.322 e. The Morgan fingerprint density at radius 2 is 1.90 bits per heavy atom. The molecule has 1 amide bonds. The van der Waals surface area contributed by atoms with Crippen LogP contribution in [0, 0.1) is 28.8 Å². The van der Waals surface area contributed by atoms with Crippen LogP contribution in [0.3, 0.4) is 0 Å². The molecule has 10 heteroatoms. The number of halogens is 3. The van der Waals surface area contributed by atoms with Gasteiger partial charge in [-0.3, -0.25) is 4.79 Å². The minimum Gasteiger partial charge on any atom is -0.322 e. The molecular weight excluding hydrogens is 407 g/mol. The highest BCUT2D eigenvalue weighted by Gasteiger charge is 2.25. The molecule has 0 aliphatic heterocycles. The van der Waals surface area contributed by atoms with Gasteiger partial charge in [0.2, 0.25) is 15.9 Å². The van der Waals surface area contributed by atoms with E-state index in [-0.39, 0.29) is 6.54 Å². The number of hydrogen-bond acceptors (Lipinski definition) is 4. The smallest absolute Gasteiger partial charge is 0.239 e. The Kier molecular flexibility index (Phi) is 7.36. The number of nitrogens with one attached hydrogen (secondary N) is 1. The van der Waals surface area contributed by atoms with Crippen LogP contribution in [0.25, 0.3) is 0 Å². The number of rotatable bonds is 8. The van der Waals surface area contributed by atoms with Crippen molar-refractivity contribution in [1.29, 1.82) is 5.26 Å². The molecule has 0 heterocycles. The van der Waals surface area contributed by atoms with Gasteiger partial charge in [0.25, 0.3) is 0 Å². The van der Waals surface area contributed by atoms with Crippen LogP contribution in [0.2, 0.25) is 0 Å². The van der Waals surface area contributed by atoms with E-state index in [0.717, 1.165) is 10.4 Å². The van der Waals surface area contributed by atoms with Crippen molar-refractivity contribution >= 4 is 21.6 Å². The number of hydrogen-bond donors (Lipinski definition) is 1. The molecule has 1 N–H and O–H groups in total. The van der Waals surface area contributed by atoms with Gasteiger partial charge in [0.05, 0.1) is 29.6 Å². The van der Waals surface area contributed by atoms with Crippen LogP contribution in [-0.2, 0) is 20.6 Å². The normalized spacial score (nSPS) is 11.3. The molecule has 2 rings (SSSR count). The van der Waals surface area contributed by atoms with Gasteiger partial charge >= 0.3 is 0 Å². The van der Waals surface area contributed by atoms with E-state index in [4.69, 9.17) is 5.26 Å². The Bertz CT molecular complexity index is 1050. The van der Waals surface area contributed by atoms with Gasteiger partial charge in [0.15, 0.2) is 17.5 Å². The van der Waals surface area contributed by atoms with E-state index in [2.05, 4.69) is 5.32 Å². The van der Waals surface area contributed by atoms with Gasteiger partial charge in [-0.1, -0.05) is 19.1 Å².